The predicted octanol–water partition coefficient (Wildman–Crippen LogP) is 4.11. The Morgan fingerprint density at radius 1 is 1.25 bits per heavy atom. The summed E-state index contributed by atoms with van der Waals surface area (Å²) in [6.45, 7) is 1.03. The van der Waals surface area contributed by atoms with Gasteiger partial charge in [0.25, 0.3) is 17.0 Å². The lowest BCUT2D eigenvalue weighted by atomic mass is 10.1. The highest BCUT2D eigenvalue weighted by atomic mass is 35.5. The predicted molar refractivity (Wildman–Crippen MR) is 117 cm³/mol. The largest absolute Gasteiger partial charge is 0.436 e. The van der Waals surface area contributed by atoms with Crippen LogP contribution in [0.25, 0.3) is 6.08 Å². The molecule has 3 amide bonds. The van der Waals surface area contributed by atoms with Gasteiger partial charge in [0.1, 0.15) is 12.3 Å². The molecule has 11 heteroatoms. The summed E-state index contributed by atoms with van der Waals surface area (Å²) in [5.41, 5.74) is 0.552. The Bertz CT molecular complexity index is 1110. The molecule has 2 aromatic rings. The average Bonchev–Trinajstić information content (AvgIpc) is 3.04. The average molecular weight is 477 g/mol. The molecule has 0 unspecified atom stereocenters. The van der Waals surface area contributed by atoms with Crippen LogP contribution in [-0.2, 0) is 9.59 Å². The van der Waals surface area contributed by atoms with Crippen molar-refractivity contribution in [1.29, 1.82) is 0 Å². The first-order valence-corrected chi connectivity index (χ1v) is 11.1. The van der Waals surface area contributed by atoms with Gasteiger partial charge in [-0.3, -0.25) is 19.3 Å². The van der Waals surface area contributed by atoms with Gasteiger partial charge in [-0.2, -0.15) is 9.37 Å². The molecule has 166 valence electrons. The van der Waals surface area contributed by atoms with Gasteiger partial charge >= 0.3 is 0 Å². The molecule has 2 aliphatic heterocycles. The molecule has 0 bridgehead atoms. The zero-order valence-electron chi connectivity index (χ0n) is 16.8. The van der Waals surface area contributed by atoms with Gasteiger partial charge < -0.3 is 9.64 Å². The van der Waals surface area contributed by atoms with Crippen LogP contribution in [0.3, 0.4) is 0 Å². The molecule has 2 fully saturated rings. The summed E-state index contributed by atoms with van der Waals surface area (Å²) in [4.78, 5) is 47.6. The number of nitrogens with zero attached hydrogens (tertiary/aromatic N) is 4. The summed E-state index contributed by atoms with van der Waals surface area (Å²) in [5, 5.41) is -0.651. The van der Waals surface area contributed by atoms with Crippen LogP contribution in [0.15, 0.2) is 35.4 Å². The van der Waals surface area contributed by atoms with Crippen LogP contribution in [0.5, 0.6) is 11.6 Å². The molecule has 0 spiro atoms. The molecule has 0 atom stereocenters. The Morgan fingerprint density at radius 2 is 2.03 bits per heavy atom. The third kappa shape index (κ3) is 5.08. The number of thioether (sulfide) groups is 1. The molecule has 8 nitrogen and oxygen atoms in total. The quantitative estimate of drug-likeness (QED) is 0.473. The number of likely N-dealkylation sites (tertiary alicyclic amines) is 1. The fourth-order valence-electron chi connectivity index (χ4n) is 3.35. The third-order valence-electron chi connectivity index (χ3n) is 4.93. The van der Waals surface area contributed by atoms with Crippen molar-refractivity contribution in [2.45, 2.75) is 19.3 Å². The van der Waals surface area contributed by atoms with Crippen molar-refractivity contribution in [3.63, 3.8) is 0 Å². The van der Waals surface area contributed by atoms with Crippen LogP contribution in [-0.4, -0.2) is 56.5 Å². The number of rotatable bonds is 5. The van der Waals surface area contributed by atoms with Gasteiger partial charge in [-0.25, -0.2) is 4.98 Å². The number of hydrogen-bond acceptors (Lipinski definition) is 7. The Balaban J connectivity index is 1.47. The fourth-order valence-corrected chi connectivity index (χ4v) is 4.31. The minimum atomic E-state index is -0.778. The molecule has 4 rings (SSSR count). The zero-order valence-corrected chi connectivity index (χ0v) is 18.4. The van der Waals surface area contributed by atoms with E-state index in [1.54, 1.807) is 29.2 Å². The second-order valence-corrected chi connectivity index (χ2v) is 8.51. The summed E-state index contributed by atoms with van der Waals surface area (Å²) >= 11 is 6.44. The van der Waals surface area contributed by atoms with E-state index in [9.17, 15) is 18.8 Å². The monoisotopic (exact) mass is 476 g/mol. The summed E-state index contributed by atoms with van der Waals surface area (Å²) in [5.74, 6) is -1.61. The maximum atomic E-state index is 13.8. The number of piperidine rings is 1. The van der Waals surface area contributed by atoms with Crippen molar-refractivity contribution in [3.05, 3.63) is 52.0 Å². The first kappa shape index (κ1) is 22.2. The highest BCUT2D eigenvalue weighted by Crippen LogP contribution is 2.33. The topological polar surface area (TPSA) is 92.7 Å². The van der Waals surface area contributed by atoms with Crippen LogP contribution in [0, 0.1) is 5.82 Å². The van der Waals surface area contributed by atoms with Crippen molar-refractivity contribution in [2.24, 2.45) is 0 Å². The number of halogens is 2. The summed E-state index contributed by atoms with van der Waals surface area (Å²) in [7, 11) is 0. The summed E-state index contributed by atoms with van der Waals surface area (Å²) in [6.07, 6.45) is 5.35. The Morgan fingerprint density at radius 3 is 2.81 bits per heavy atom. The molecule has 0 N–H and O–H groups in total. The van der Waals surface area contributed by atoms with Crippen LogP contribution in [0.2, 0.25) is 5.28 Å². The zero-order chi connectivity index (χ0) is 22.7. The summed E-state index contributed by atoms with van der Waals surface area (Å²) < 4.78 is 19.2. The van der Waals surface area contributed by atoms with Crippen molar-refractivity contribution in [2.75, 3.05) is 19.6 Å². The SMILES string of the molecule is O=C(CN1C(=O)S/C(=C/c2cccc(Oc3nc(Cl)ncc3F)c2)C1=O)N1CCCCC1. The maximum Gasteiger partial charge on any atom is 0.294 e. The minimum absolute atomic E-state index is 0.162. The van der Waals surface area contributed by atoms with Crippen molar-refractivity contribution >= 4 is 46.5 Å². The van der Waals surface area contributed by atoms with E-state index < -0.39 is 17.0 Å². The van der Waals surface area contributed by atoms with E-state index in [2.05, 4.69) is 9.97 Å². The first-order valence-electron chi connectivity index (χ1n) is 9.90. The van der Waals surface area contributed by atoms with Gasteiger partial charge in [0.15, 0.2) is 0 Å². The fraction of sp³-hybridized carbons (Fsp3) is 0.286. The van der Waals surface area contributed by atoms with E-state index in [1.807, 2.05) is 0 Å². The number of aromatic nitrogens is 2. The van der Waals surface area contributed by atoms with Gasteiger partial charge in [-0.05, 0) is 66.4 Å². The van der Waals surface area contributed by atoms with Crippen molar-refractivity contribution in [3.8, 4) is 11.6 Å². The highest BCUT2D eigenvalue weighted by Gasteiger charge is 2.37. The standard InChI is InChI=1S/C21H18ClFN4O4S/c22-20-24-11-15(23)18(25-20)31-14-6-4-5-13(9-14)10-16-19(29)27(21(30)32-16)12-17(28)26-7-2-1-3-8-26/h4-6,9-11H,1-3,7-8,12H2/b16-10+. The molecule has 32 heavy (non-hydrogen) atoms. The van der Waals surface area contributed by atoms with E-state index in [1.165, 1.54) is 6.08 Å². The Hall–Kier alpha value is -2.98. The van der Waals surface area contributed by atoms with E-state index in [0.717, 1.165) is 42.1 Å². The highest BCUT2D eigenvalue weighted by molar-refractivity contribution is 8.18. The lowest BCUT2D eigenvalue weighted by molar-refractivity contribution is -0.136. The van der Waals surface area contributed by atoms with Crippen LogP contribution in [0.1, 0.15) is 24.8 Å². The first-order chi connectivity index (χ1) is 15.4. The lowest BCUT2D eigenvalue weighted by Gasteiger charge is -2.27. The second kappa shape index (κ2) is 9.66. The van der Waals surface area contributed by atoms with E-state index in [0.29, 0.717) is 18.7 Å². The van der Waals surface area contributed by atoms with E-state index in [-0.39, 0.29) is 34.3 Å². The van der Waals surface area contributed by atoms with E-state index >= 15 is 0 Å². The second-order valence-electron chi connectivity index (χ2n) is 7.18. The molecular formula is C21H18ClFN4O4S. The van der Waals surface area contributed by atoms with Gasteiger partial charge in [-0.15, -0.1) is 0 Å². The molecule has 0 aliphatic carbocycles. The van der Waals surface area contributed by atoms with Gasteiger partial charge in [0.05, 0.1) is 11.1 Å². The molecule has 2 saturated heterocycles. The molecular weight excluding hydrogens is 459 g/mol. The molecule has 2 aliphatic rings. The molecule has 0 saturated carbocycles. The number of benzene rings is 1. The van der Waals surface area contributed by atoms with Crippen LogP contribution in [0.4, 0.5) is 9.18 Å². The molecule has 3 heterocycles. The van der Waals surface area contributed by atoms with E-state index in [4.69, 9.17) is 16.3 Å². The lowest BCUT2D eigenvalue weighted by Crippen LogP contribution is -2.44. The number of hydrogen-bond donors (Lipinski definition) is 0. The third-order valence-corrected chi connectivity index (χ3v) is 6.02. The van der Waals surface area contributed by atoms with Crippen LogP contribution < -0.4 is 4.74 Å². The smallest absolute Gasteiger partial charge is 0.294 e. The number of imide groups is 1. The summed E-state index contributed by atoms with van der Waals surface area (Å²) in [6, 6.07) is 6.48. The van der Waals surface area contributed by atoms with Crippen LogP contribution >= 0.6 is 23.4 Å². The Labute approximate surface area is 192 Å². The van der Waals surface area contributed by atoms with Gasteiger partial charge in [0, 0.05) is 13.1 Å². The molecule has 1 aromatic heterocycles. The molecule has 1 aromatic carbocycles. The number of amides is 3. The maximum absolute atomic E-state index is 13.8. The van der Waals surface area contributed by atoms with Crippen molar-refractivity contribution in [1.82, 2.24) is 19.8 Å². The normalized spacial score (nSPS) is 17.9. The van der Waals surface area contributed by atoms with Gasteiger partial charge in [-0.1, -0.05) is 12.1 Å². The van der Waals surface area contributed by atoms with Gasteiger partial charge in [0.2, 0.25) is 17.0 Å². The number of ether oxygens (including phenoxy) is 1. The minimum Gasteiger partial charge on any atom is -0.436 e. The number of carbonyl (C=O) groups is 3. The van der Waals surface area contributed by atoms with Crippen molar-refractivity contribution < 1.29 is 23.5 Å². The molecule has 0 radical (unpaired) electrons. The number of carbonyl (C=O) groups excluding carboxylic acids is 3. The Kier molecular flexibility index (Phi) is 6.71.